The lowest BCUT2D eigenvalue weighted by Gasteiger charge is -2.26. The summed E-state index contributed by atoms with van der Waals surface area (Å²) in [6.07, 6.45) is 0.750. The molecule has 0 bridgehead atoms. The van der Waals surface area contributed by atoms with Crippen LogP contribution in [-0.4, -0.2) is 34.6 Å². The van der Waals surface area contributed by atoms with Gasteiger partial charge in [0.1, 0.15) is 5.82 Å². The Kier molecular flexibility index (Phi) is 6.62. The normalized spacial score (nSPS) is 17.4. The third kappa shape index (κ3) is 5.22. The summed E-state index contributed by atoms with van der Waals surface area (Å²) in [6, 6.07) is 9.15. The molecule has 31 heavy (non-hydrogen) atoms. The number of esters is 1. The van der Waals surface area contributed by atoms with E-state index in [9.17, 15) is 19.2 Å². The van der Waals surface area contributed by atoms with Crippen LogP contribution in [-0.2, 0) is 20.9 Å². The maximum Gasteiger partial charge on any atom is 0.330 e. The zero-order valence-electron chi connectivity index (χ0n) is 18.0. The highest BCUT2D eigenvalue weighted by atomic mass is 16.5. The van der Waals surface area contributed by atoms with E-state index in [4.69, 9.17) is 10.5 Å². The molecule has 9 heteroatoms. The largest absolute Gasteiger partial charge is 0.455 e. The number of carbonyl (C=O) groups is 2. The predicted molar refractivity (Wildman–Crippen MR) is 117 cm³/mol. The number of amides is 1. The molecule has 166 valence electrons. The highest BCUT2D eigenvalue weighted by Crippen LogP contribution is 2.38. The molecular formula is C22H28N4O5. The first kappa shape index (κ1) is 22.3. The van der Waals surface area contributed by atoms with E-state index in [0.717, 1.165) is 12.0 Å². The molecule has 1 saturated carbocycles. The van der Waals surface area contributed by atoms with Gasteiger partial charge in [0.05, 0.1) is 12.5 Å². The topological polar surface area (TPSA) is 127 Å². The first-order valence-electron chi connectivity index (χ1n) is 10.3. The van der Waals surface area contributed by atoms with Crippen molar-refractivity contribution in [3.05, 3.63) is 56.7 Å². The third-order valence-electron chi connectivity index (χ3n) is 5.27. The van der Waals surface area contributed by atoms with Gasteiger partial charge in [0.15, 0.2) is 12.3 Å². The average Bonchev–Trinajstić information content (AvgIpc) is 3.45. The molecule has 2 aromatic rings. The molecule has 0 spiro atoms. The van der Waals surface area contributed by atoms with Crippen molar-refractivity contribution in [2.24, 2.45) is 17.8 Å². The number of H-pyrrole nitrogens is 1. The molecule has 0 aliphatic heterocycles. The van der Waals surface area contributed by atoms with E-state index in [2.05, 4.69) is 4.98 Å². The molecule has 1 aliphatic carbocycles. The lowest BCUT2D eigenvalue weighted by molar-refractivity contribution is -0.149. The number of aromatic nitrogens is 2. The van der Waals surface area contributed by atoms with Gasteiger partial charge in [-0.25, -0.2) is 4.79 Å². The first-order valence-corrected chi connectivity index (χ1v) is 10.3. The van der Waals surface area contributed by atoms with Crippen LogP contribution in [0.4, 0.5) is 11.5 Å². The molecule has 1 amide bonds. The Morgan fingerprint density at radius 1 is 1.26 bits per heavy atom. The number of hydrogen-bond donors (Lipinski definition) is 2. The highest BCUT2D eigenvalue weighted by molar-refractivity contribution is 5.97. The highest BCUT2D eigenvalue weighted by Gasteiger charge is 2.41. The van der Waals surface area contributed by atoms with E-state index in [1.165, 1.54) is 9.47 Å². The molecule has 3 rings (SSSR count). The molecule has 1 heterocycles. The summed E-state index contributed by atoms with van der Waals surface area (Å²) in [6.45, 7) is 5.51. The number of nitrogens with zero attached hydrogens (tertiary/aromatic N) is 2. The van der Waals surface area contributed by atoms with Crippen molar-refractivity contribution in [1.29, 1.82) is 0 Å². The van der Waals surface area contributed by atoms with Crippen molar-refractivity contribution >= 4 is 23.4 Å². The van der Waals surface area contributed by atoms with E-state index in [-0.39, 0.29) is 42.3 Å². The van der Waals surface area contributed by atoms with Crippen LogP contribution < -0.4 is 21.9 Å². The number of carbonyl (C=O) groups excluding carboxylic acids is 2. The average molecular weight is 428 g/mol. The minimum Gasteiger partial charge on any atom is -0.455 e. The Morgan fingerprint density at radius 2 is 1.90 bits per heavy atom. The van der Waals surface area contributed by atoms with Gasteiger partial charge in [-0.2, -0.15) is 0 Å². The van der Waals surface area contributed by atoms with Crippen LogP contribution in [0.5, 0.6) is 0 Å². The van der Waals surface area contributed by atoms with Gasteiger partial charge in [-0.05, 0) is 23.8 Å². The summed E-state index contributed by atoms with van der Waals surface area (Å²) in [5.74, 6) is -1.02. The quantitative estimate of drug-likeness (QED) is 0.611. The predicted octanol–water partition coefficient (Wildman–Crippen LogP) is 1.36. The van der Waals surface area contributed by atoms with Crippen molar-refractivity contribution in [1.82, 2.24) is 9.55 Å². The molecule has 2 atom stereocenters. The summed E-state index contributed by atoms with van der Waals surface area (Å²) < 4.78 is 6.37. The van der Waals surface area contributed by atoms with Crippen LogP contribution in [0.25, 0.3) is 0 Å². The Bertz CT molecular complexity index is 1070. The van der Waals surface area contributed by atoms with Crippen LogP contribution in [0.2, 0.25) is 0 Å². The fourth-order valence-electron chi connectivity index (χ4n) is 3.41. The van der Waals surface area contributed by atoms with Gasteiger partial charge in [-0.1, -0.05) is 51.1 Å². The first-order chi connectivity index (χ1) is 14.7. The van der Waals surface area contributed by atoms with E-state index in [0.29, 0.717) is 0 Å². The van der Waals surface area contributed by atoms with Crippen LogP contribution in [0.1, 0.15) is 32.8 Å². The minimum absolute atomic E-state index is 0.00333. The second-order valence-electron chi connectivity index (χ2n) is 8.39. The maximum atomic E-state index is 12.9. The van der Waals surface area contributed by atoms with Crippen molar-refractivity contribution in [2.75, 3.05) is 23.8 Å². The van der Waals surface area contributed by atoms with E-state index in [1.807, 2.05) is 51.1 Å². The van der Waals surface area contributed by atoms with E-state index >= 15 is 0 Å². The Morgan fingerprint density at radius 3 is 2.48 bits per heavy atom. The summed E-state index contributed by atoms with van der Waals surface area (Å²) in [5, 5.41) is 0. The van der Waals surface area contributed by atoms with Crippen LogP contribution in [0.15, 0.2) is 39.9 Å². The molecular weight excluding hydrogens is 400 g/mol. The van der Waals surface area contributed by atoms with Gasteiger partial charge in [0.25, 0.3) is 11.5 Å². The number of rotatable bonds is 8. The van der Waals surface area contributed by atoms with E-state index in [1.54, 1.807) is 0 Å². The fourth-order valence-corrected chi connectivity index (χ4v) is 3.41. The zero-order valence-corrected chi connectivity index (χ0v) is 18.0. The second kappa shape index (κ2) is 9.20. The van der Waals surface area contributed by atoms with Gasteiger partial charge in [0, 0.05) is 6.54 Å². The summed E-state index contributed by atoms with van der Waals surface area (Å²) in [4.78, 5) is 53.4. The van der Waals surface area contributed by atoms with Crippen LogP contribution in [0.3, 0.4) is 0 Å². The van der Waals surface area contributed by atoms with Crippen molar-refractivity contribution in [3.63, 3.8) is 0 Å². The van der Waals surface area contributed by atoms with Crippen molar-refractivity contribution in [2.45, 2.75) is 33.7 Å². The zero-order chi connectivity index (χ0) is 22.7. The Balaban J connectivity index is 1.91. The molecule has 1 fully saturated rings. The van der Waals surface area contributed by atoms with Crippen LogP contribution in [0, 0.1) is 17.8 Å². The number of hydrogen-bond acceptors (Lipinski definition) is 6. The third-order valence-corrected chi connectivity index (χ3v) is 5.27. The lowest BCUT2D eigenvalue weighted by atomic mass is 10.2. The van der Waals surface area contributed by atoms with Gasteiger partial charge < -0.3 is 15.4 Å². The van der Waals surface area contributed by atoms with Gasteiger partial charge in [0.2, 0.25) is 0 Å². The van der Waals surface area contributed by atoms with Gasteiger partial charge in [-0.15, -0.1) is 0 Å². The molecule has 1 aliphatic rings. The Hall–Kier alpha value is -3.36. The van der Waals surface area contributed by atoms with E-state index < -0.39 is 29.7 Å². The van der Waals surface area contributed by atoms with Crippen LogP contribution >= 0.6 is 0 Å². The van der Waals surface area contributed by atoms with Gasteiger partial charge in [-0.3, -0.25) is 23.9 Å². The van der Waals surface area contributed by atoms with Crippen molar-refractivity contribution < 1.29 is 14.3 Å². The minimum atomic E-state index is -0.761. The van der Waals surface area contributed by atoms with Crippen molar-refractivity contribution in [3.8, 4) is 0 Å². The maximum absolute atomic E-state index is 12.9. The number of nitrogens with two attached hydrogens (primary N) is 1. The number of nitrogen functional groups attached to an aromatic ring is 1. The fraction of sp³-hybridized carbons (Fsp3) is 0.455. The summed E-state index contributed by atoms with van der Waals surface area (Å²) in [5.41, 5.74) is 5.48. The number of anilines is 2. The molecule has 0 radical (unpaired) electrons. The number of ether oxygens (including phenoxy) is 1. The monoisotopic (exact) mass is 428 g/mol. The summed E-state index contributed by atoms with van der Waals surface area (Å²) in [7, 11) is 0. The molecule has 9 nitrogen and oxygen atoms in total. The number of nitrogens with one attached hydrogen (secondary N) is 1. The van der Waals surface area contributed by atoms with Gasteiger partial charge >= 0.3 is 11.7 Å². The Labute approximate surface area is 179 Å². The molecule has 0 saturated heterocycles. The number of benzene rings is 1. The molecule has 1 aromatic heterocycles. The summed E-state index contributed by atoms with van der Waals surface area (Å²) >= 11 is 0. The molecule has 2 unspecified atom stereocenters. The lowest BCUT2D eigenvalue weighted by Crippen LogP contribution is -2.44. The molecule has 3 N–H and O–H groups in total. The molecule has 1 aromatic carbocycles. The smallest absolute Gasteiger partial charge is 0.330 e. The number of aromatic amines is 1. The standard InChI is InChI=1S/C22H28N4O5/c1-13(2)10-25(17(27)12-31-21(29)16-9-14(16)3)18-19(23)26(22(30)24-20(18)28)11-15-7-5-4-6-8-15/h4-8,13-14,16H,9-12,23H2,1-3H3,(H,24,28,30). The second-order valence-corrected chi connectivity index (χ2v) is 8.39. The SMILES string of the molecule is CC(C)CN(C(=O)COC(=O)C1CC1C)c1c(N)n(Cc2ccccc2)c(=O)[nH]c1=O.